The molecular weight excluding hydrogens is 370 g/mol. The highest BCUT2D eigenvalue weighted by molar-refractivity contribution is 5.84. The lowest BCUT2D eigenvalue weighted by atomic mass is 9.83. The van der Waals surface area contributed by atoms with Gasteiger partial charge in [0.05, 0.1) is 5.60 Å². The lowest BCUT2D eigenvalue weighted by molar-refractivity contribution is -0.136. The maximum Gasteiger partial charge on any atom is 0.250 e. The number of hydrogen-bond donors (Lipinski definition) is 1. The molecule has 3 aliphatic rings. The topological polar surface area (TPSA) is 80.6 Å². The molecule has 1 aromatic heterocycles. The maximum absolute atomic E-state index is 12.8. The number of pyridine rings is 1. The van der Waals surface area contributed by atoms with Gasteiger partial charge in [-0.3, -0.25) is 14.4 Å². The Bertz CT molecular complexity index is 847. The Morgan fingerprint density at radius 3 is 2.83 bits per heavy atom. The molecule has 4 heterocycles. The van der Waals surface area contributed by atoms with Crippen molar-refractivity contribution in [2.75, 3.05) is 19.7 Å². The zero-order valence-electron chi connectivity index (χ0n) is 17.4. The van der Waals surface area contributed by atoms with Crippen molar-refractivity contribution in [3.05, 3.63) is 34.2 Å². The fourth-order valence-corrected chi connectivity index (χ4v) is 5.13. The maximum atomic E-state index is 12.8. The molecule has 158 valence electrons. The minimum atomic E-state index is -0.212. The molecule has 0 aromatic carbocycles. The van der Waals surface area contributed by atoms with Crippen LogP contribution in [0.4, 0.5) is 0 Å². The number of aromatic nitrogens is 1. The molecule has 3 unspecified atom stereocenters. The molecule has 29 heavy (non-hydrogen) atoms. The molecule has 7 heteroatoms. The van der Waals surface area contributed by atoms with Crippen molar-refractivity contribution in [3.8, 4) is 0 Å². The van der Waals surface area contributed by atoms with E-state index in [0.29, 0.717) is 32.2 Å². The van der Waals surface area contributed by atoms with Gasteiger partial charge in [-0.25, -0.2) is 0 Å². The van der Waals surface area contributed by atoms with Gasteiger partial charge in [0, 0.05) is 62.8 Å². The van der Waals surface area contributed by atoms with Gasteiger partial charge in [-0.1, -0.05) is 6.07 Å². The molecule has 0 radical (unpaired) electrons. The Balaban J connectivity index is 1.30. The highest BCUT2D eigenvalue weighted by Crippen LogP contribution is 2.35. The van der Waals surface area contributed by atoms with Crippen LogP contribution in [0, 0.1) is 5.92 Å². The second kappa shape index (κ2) is 7.94. The number of piperidine rings is 1. The van der Waals surface area contributed by atoms with Crippen molar-refractivity contribution in [2.45, 2.75) is 70.1 Å². The van der Waals surface area contributed by atoms with Gasteiger partial charge in [0.2, 0.25) is 11.8 Å². The molecule has 3 aliphatic heterocycles. The van der Waals surface area contributed by atoms with E-state index in [2.05, 4.69) is 5.32 Å². The lowest BCUT2D eigenvalue weighted by Gasteiger charge is -2.42. The molecule has 2 fully saturated rings. The first-order valence-corrected chi connectivity index (χ1v) is 10.7. The van der Waals surface area contributed by atoms with Gasteiger partial charge in [-0.05, 0) is 45.1 Å². The summed E-state index contributed by atoms with van der Waals surface area (Å²) in [7, 11) is 0. The highest BCUT2D eigenvalue weighted by Gasteiger charge is 2.36. The molecule has 0 aliphatic carbocycles. The van der Waals surface area contributed by atoms with Crippen LogP contribution in [-0.4, -0.2) is 52.6 Å². The first-order chi connectivity index (χ1) is 13.8. The third kappa shape index (κ3) is 4.55. The largest absolute Gasteiger partial charge is 0.375 e. The van der Waals surface area contributed by atoms with Crippen molar-refractivity contribution in [3.63, 3.8) is 0 Å². The summed E-state index contributed by atoms with van der Waals surface area (Å²) < 4.78 is 7.55. The van der Waals surface area contributed by atoms with Crippen molar-refractivity contribution >= 4 is 11.8 Å². The normalized spacial score (nSPS) is 27.8. The average Bonchev–Trinajstić information content (AvgIpc) is 2.66. The smallest absolute Gasteiger partial charge is 0.250 e. The van der Waals surface area contributed by atoms with Gasteiger partial charge in [0.25, 0.3) is 5.56 Å². The van der Waals surface area contributed by atoms with Crippen LogP contribution < -0.4 is 10.9 Å². The molecule has 1 aromatic rings. The summed E-state index contributed by atoms with van der Waals surface area (Å²) in [5, 5.41) is 3.06. The number of amides is 2. The fraction of sp³-hybridized carbons (Fsp3) is 0.682. The number of nitrogens with zero attached hydrogens (tertiary/aromatic N) is 2. The number of fused-ring (bicyclic) bond motifs is 4. The Morgan fingerprint density at radius 2 is 2.03 bits per heavy atom. The van der Waals surface area contributed by atoms with E-state index >= 15 is 0 Å². The summed E-state index contributed by atoms with van der Waals surface area (Å²) in [6.45, 7) is 6.70. The van der Waals surface area contributed by atoms with Crippen LogP contribution in [-0.2, 0) is 20.9 Å². The number of carbonyl (C=O) groups excluding carboxylic acids is 2. The molecule has 0 saturated carbocycles. The molecule has 2 bridgehead atoms. The minimum Gasteiger partial charge on any atom is -0.375 e. The number of nitrogens with one attached hydrogen (secondary N) is 1. The number of carbonyl (C=O) groups is 2. The van der Waals surface area contributed by atoms with E-state index in [0.717, 1.165) is 25.0 Å². The van der Waals surface area contributed by atoms with Gasteiger partial charge in [0.1, 0.15) is 0 Å². The van der Waals surface area contributed by atoms with Crippen molar-refractivity contribution < 1.29 is 14.3 Å². The van der Waals surface area contributed by atoms with E-state index in [1.807, 2.05) is 29.4 Å². The number of likely N-dealkylation sites (tertiary alicyclic amines) is 1. The van der Waals surface area contributed by atoms with Gasteiger partial charge in [0.15, 0.2) is 0 Å². The second-order valence-electron chi connectivity index (χ2n) is 9.36. The molecule has 4 rings (SSSR count). The van der Waals surface area contributed by atoms with Gasteiger partial charge in [-0.2, -0.15) is 0 Å². The molecule has 2 amide bonds. The fourth-order valence-electron chi connectivity index (χ4n) is 5.13. The van der Waals surface area contributed by atoms with Crippen LogP contribution in [0.1, 0.15) is 57.6 Å². The number of hydrogen-bond acceptors (Lipinski definition) is 4. The summed E-state index contributed by atoms with van der Waals surface area (Å²) in [6, 6.07) is 5.52. The van der Waals surface area contributed by atoms with Crippen molar-refractivity contribution in [2.24, 2.45) is 5.92 Å². The Morgan fingerprint density at radius 1 is 1.21 bits per heavy atom. The SMILES string of the molecule is CC1(C)CC(NC(=O)CCC(=O)N2CC3CC(C2)c2cccc(=O)n2C3)CCO1. The van der Waals surface area contributed by atoms with E-state index in [9.17, 15) is 14.4 Å². The third-order valence-electron chi connectivity index (χ3n) is 6.46. The Labute approximate surface area is 171 Å². The van der Waals surface area contributed by atoms with Crippen LogP contribution in [0.2, 0.25) is 0 Å². The summed E-state index contributed by atoms with van der Waals surface area (Å²) >= 11 is 0. The third-order valence-corrected chi connectivity index (χ3v) is 6.46. The van der Waals surface area contributed by atoms with E-state index in [1.54, 1.807) is 12.1 Å². The molecule has 7 nitrogen and oxygen atoms in total. The van der Waals surface area contributed by atoms with Crippen LogP contribution in [0.15, 0.2) is 23.0 Å². The van der Waals surface area contributed by atoms with Crippen molar-refractivity contribution in [1.29, 1.82) is 0 Å². The van der Waals surface area contributed by atoms with Gasteiger partial charge >= 0.3 is 0 Å². The van der Waals surface area contributed by atoms with E-state index in [-0.39, 0.29) is 47.8 Å². The molecule has 0 spiro atoms. The zero-order valence-corrected chi connectivity index (χ0v) is 17.4. The molecule has 2 saturated heterocycles. The van der Waals surface area contributed by atoms with Gasteiger partial charge in [-0.15, -0.1) is 0 Å². The number of rotatable bonds is 4. The van der Waals surface area contributed by atoms with Crippen LogP contribution >= 0.6 is 0 Å². The van der Waals surface area contributed by atoms with E-state index < -0.39 is 0 Å². The summed E-state index contributed by atoms with van der Waals surface area (Å²) in [6.07, 6.45) is 3.09. The van der Waals surface area contributed by atoms with Crippen LogP contribution in [0.5, 0.6) is 0 Å². The minimum absolute atomic E-state index is 0.0360. The first-order valence-electron chi connectivity index (χ1n) is 10.7. The quantitative estimate of drug-likeness (QED) is 0.832. The summed E-state index contributed by atoms with van der Waals surface area (Å²) in [5.74, 6) is 0.492. The van der Waals surface area contributed by atoms with Crippen LogP contribution in [0.25, 0.3) is 0 Å². The molecule has 3 atom stereocenters. The average molecular weight is 402 g/mol. The molecular formula is C22H31N3O4. The van der Waals surface area contributed by atoms with E-state index in [1.165, 1.54) is 0 Å². The van der Waals surface area contributed by atoms with Gasteiger partial charge < -0.3 is 19.5 Å². The lowest BCUT2D eigenvalue weighted by Crippen LogP contribution is -2.49. The predicted octanol–water partition coefficient (Wildman–Crippen LogP) is 1.65. The number of ether oxygens (including phenoxy) is 1. The first kappa shape index (κ1) is 20.1. The second-order valence-corrected chi connectivity index (χ2v) is 9.36. The van der Waals surface area contributed by atoms with Crippen molar-refractivity contribution in [1.82, 2.24) is 14.8 Å². The van der Waals surface area contributed by atoms with E-state index in [4.69, 9.17) is 4.74 Å². The zero-order chi connectivity index (χ0) is 20.6. The standard InChI is InChI=1S/C22H31N3O4/c1-22(2)11-17(8-9-29-22)23-19(26)6-7-20(27)24-12-15-10-16(14-24)18-4-3-5-21(28)25(18)13-15/h3-5,15-17H,6-14H2,1-2H3,(H,23,26). The summed E-state index contributed by atoms with van der Waals surface area (Å²) in [5.41, 5.74) is 0.867. The Hall–Kier alpha value is -2.15. The monoisotopic (exact) mass is 401 g/mol. The highest BCUT2D eigenvalue weighted by atomic mass is 16.5. The van der Waals surface area contributed by atoms with Crippen LogP contribution in [0.3, 0.4) is 0 Å². The molecule has 1 N–H and O–H groups in total. The summed E-state index contributed by atoms with van der Waals surface area (Å²) in [4.78, 5) is 39.1. The Kier molecular flexibility index (Phi) is 5.51. The predicted molar refractivity (Wildman–Crippen MR) is 109 cm³/mol.